The maximum absolute atomic E-state index is 13.2. The topological polar surface area (TPSA) is 99.4 Å². The van der Waals surface area contributed by atoms with Crippen LogP contribution < -0.4 is 14.8 Å². The van der Waals surface area contributed by atoms with Crippen molar-refractivity contribution in [2.24, 2.45) is 0 Å². The van der Waals surface area contributed by atoms with Crippen LogP contribution in [0.4, 0.5) is 6.01 Å². The number of anilines is 1. The van der Waals surface area contributed by atoms with Gasteiger partial charge in [-0.3, -0.25) is 10.1 Å². The molecule has 0 radical (unpaired) electrons. The predicted molar refractivity (Wildman–Crippen MR) is 126 cm³/mol. The zero-order chi connectivity index (χ0) is 22.8. The fourth-order valence-electron chi connectivity index (χ4n) is 3.44. The highest BCUT2D eigenvalue weighted by atomic mass is 32.1. The van der Waals surface area contributed by atoms with E-state index in [-0.39, 0.29) is 17.8 Å². The van der Waals surface area contributed by atoms with E-state index in [1.165, 1.54) is 7.11 Å². The fraction of sp³-hybridized carbons (Fsp3) is 0.0833. The van der Waals surface area contributed by atoms with Crippen LogP contribution >= 0.6 is 11.3 Å². The Kier molecular flexibility index (Phi) is 5.45. The summed E-state index contributed by atoms with van der Waals surface area (Å²) < 4.78 is 16.3. The van der Waals surface area contributed by atoms with Gasteiger partial charge in [-0.15, -0.1) is 16.4 Å². The number of methoxy groups -OCH3 is 2. The van der Waals surface area contributed by atoms with Crippen LogP contribution in [0.15, 0.2) is 70.5 Å². The Bertz CT molecular complexity index is 1450. The standard InChI is InChI=1S/C24H18N4O4S/c1-30-14-9-10-16(20(12-14)31-2)23-27-28-24(32-23)26-22(29)17-13-19(21-8-5-11-33-21)25-18-7-4-3-6-15(17)18/h3-13H,1-2H3,(H,26,28,29). The lowest BCUT2D eigenvalue weighted by Gasteiger charge is -2.08. The van der Waals surface area contributed by atoms with E-state index in [1.54, 1.807) is 42.7 Å². The van der Waals surface area contributed by atoms with Crippen molar-refractivity contribution in [2.45, 2.75) is 0 Å². The molecule has 33 heavy (non-hydrogen) atoms. The maximum Gasteiger partial charge on any atom is 0.322 e. The summed E-state index contributed by atoms with van der Waals surface area (Å²) in [6, 6.07) is 18.4. The average Bonchev–Trinajstić information content (AvgIpc) is 3.55. The molecule has 8 nitrogen and oxygen atoms in total. The Morgan fingerprint density at radius 3 is 2.67 bits per heavy atom. The lowest BCUT2D eigenvalue weighted by atomic mass is 10.1. The van der Waals surface area contributed by atoms with Gasteiger partial charge < -0.3 is 13.9 Å². The largest absolute Gasteiger partial charge is 0.497 e. The molecule has 0 saturated heterocycles. The molecule has 0 aliphatic rings. The first kappa shape index (κ1) is 20.7. The van der Waals surface area contributed by atoms with Gasteiger partial charge in [0.2, 0.25) is 0 Å². The van der Waals surface area contributed by atoms with Crippen molar-refractivity contribution < 1.29 is 18.7 Å². The van der Waals surface area contributed by atoms with E-state index in [2.05, 4.69) is 15.5 Å². The minimum absolute atomic E-state index is 0.0218. The van der Waals surface area contributed by atoms with E-state index in [4.69, 9.17) is 18.9 Å². The second-order valence-corrected chi connectivity index (χ2v) is 7.93. The van der Waals surface area contributed by atoms with E-state index in [1.807, 2.05) is 41.8 Å². The number of carbonyl (C=O) groups is 1. The molecule has 0 atom stereocenters. The fourth-order valence-corrected chi connectivity index (χ4v) is 4.12. The molecule has 1 N–H and O–H groups in total. The quantitative estimate of drug-likeness (QED) is 0.369. The van der Waals surface area contributed by atoms with Gasteiger partial charge in [-0.1, -0.05) is 29.4 Å². The number of hydrogen-bond donors (Lipinski definition) is 1. The molecule has 5 rings (SSSR count). The number of benzene rings is 2. The van der Waals surface area contributed by atoms with E-state index in [0.29, 0.717) is 22.6 Å². The third kappa shape index (κ3) is 4.01. The van der Waals surface area contributed by atoms with Crippen LogP contribution in [0.25, 0.3) is 32.9 Å². The zero-order valence-electron chi connectivity index (χ0n) is 17.7. The lowest BCUT2D eigenvalue weighted by molar-refractivity contribution is 0.102. The first-order chi connectivity index (χ1) is 16.2. The number of nitrogens with one attached hydrogen (secondary N) is 1. The average molecular weight is 458 g/mol. The minimum Gasteiger partial charge on any atom is -0.497 e. The number of pyridine rings is 1. The molecule has 0 aliphatic carbocycles. The van der Waals surface area contributed by atoms with Gasteiger partial charge in [-0.05, 0) is 35.7 Å². The van der Waals surface area contributed by atoms with Crippen molar-refractivity contribution in [1.82, 2.24) is 15.2 Å². The lowest BCUT2D eigenvalue weighted by Crippen LogP contribution is -2.13. The van der Waals surface area contributed by atoms with Gasteiger partial charge in [-0.25, -0.2) is 4.98 Å². The van der Waals surface area contributed by atoms with Crippen LogP contribution in [0.3, 0.4) is 0 Å². The van der Waals surface area contributed by atoms with Crippen LogP contribution in [0.2, 0.25) is 0 Å². The summed E-state index contributed by atoms with van der Waals surface area (Å²) in [5.41, 5.74) is 2.50. The Morgan fingerprint density at radius 2 is 1.88 bits per heavy atom. The van der Waals surface area contributed by atoms with E-state index in [9.17, 15) is 4.79 Å². The molecule has 0 aliphatic heterocycles. The normalized spacial score (nSPS) is 10.8. The highest BCUT2D eigenvalue weighted by Crippen LogP contribution is 2.33. The highest BCUT2D eigenvalue weighted by molar-refractivity contribution is 7.13. The van der Waals surface area contributed by atoms with Crippen LogP contribution in [-0.4, -0.2) is 35.3 Å². The van der Waals surface area contributed by atoms with Crippen molar-refractivity contribution in [3.05, 3.63) is 71.6 Å². The molecule has 0 unspecified atom stereocenters. The summed E-state index contributed by atoms with van der Waals surface area (Å²) in [4.78, 5) is 18.9. The predicted octanol–water partition coefficient (Wildman–Crippen LogP) is 5.28. The Hall–Kier alpha value is -4.24. The smallest absolute Gasteiger partial charge is 0.322 e. The Balaban J connectivity index is 1.47. The second kappa shape index (κ2) is 8.71. The van der Waals surface area contributed by atoms with Crippen LogP contribution in [-0.2, 0) is 0 Å². The van der Waals surface area contributed by atoms with Crippen molar-refractivity contribution in [3.8, 4) is 33.5 Å². The monoisotopic (exact) mass is 458 g/mol. The molecule has 5 aromatic rings. The molecular weight excluding hydrogens is 440 g/mol. The number of aromatic nitrogens is 3. The Labute approximate surface area is 192 Å². The summed E-state index contributed by atoms with van der Waals surface area (Å²) in [7, 11) is 3.11. The second-order valence-electron chi connectivity index (χ2n) is 6.98. The molecule has 0 bridgehead atoms. The van der Waals surface area contributed by atoms with Crippen molar-refractivity contribution in [1.29, 1.82) is 0 Å². The number of thiophene rings is 1. The minimum atomic E-state index is -0.372. The molecule has 3 aromatic heterocycles. The van der Waals surface area contributed by atoms with Crippen LogP contribution in [0.5, 0.6) is 11.5 Å². The first-order valence-electron chi connectivity index (χ1n) is 9.97. The van der Waals surface area contributed by atoms with Crippen LogP contribution in [0, 0.1) is 0 Å². The number of ether oxygens (including phenoxy) is 2. The SMILES string of the molecule is COc1ccc(-c2nnc(NC(=O)c3cc(-c4cccs4)nc4ccccc34)o2)c(OC)c1. The Morgan fingerprint density at radius 1 is 1.00 bits per heavy atom. The third-order valence-electron chi connectivity index (χ3n) is 5.02. The van der Waals surface area contributed by atoms with Crippen molar-refractivity contribution in [2.75, 3.05) is 19.5 Å². The third-order valence-corrected chi connectivity index (χ3v) is 5.91. The summed E-state index contributed by atoms with van der Waals surface area (Å²) >= 11 is 1.56. The van der Waals surface area contributed by atoms with Crippen LogP contribution in [0.1, 0.15) is 10.4 Å². The van der Waals surface area contributed by atoms with Crippen molar-refractivity contribution in [3.63, 3.8) is 0 Å². The van der Waals surface area contributed by atoms with Gasteiger partial charge in [0.25, 0.3) is 11.8 Å². The van der Waals surface area contributed by atoms with Gasteiger partial charge in [-0.2, -0.15) is 0 Å². The molecule has 0 saturated carbocycles. The molecule has 1 amide bonds. The molecule has 164 valence electrons. The van der Waals surface area contributed by atoms with Crippen molar-refractivity contribution >= 4 is 34.2 Å². The van der Waals surface area contributed by atoms with Gasteiger partial charge in [0.1, 0.15) is 11.5 Å². The molecule has 0 spiro atoms. The first-order valence-corrected chi connectivity index (χ1v) is 10.8. The highest BCUT2D eigenvalue weighted by Gasteiger charge is 2.19. The number of nitrogens with zero attached hydrogens (tertiary/aromatic N) is 3. The molecule has 9 heteroatoms. The summed E-state index contributed by atoms with van der Waals surface area (Å²) in [5.74, 6) is 0.985. The molecular formula is C24H18N4O4S. The van der Waals surface area contributed by atoms with E-state index >= 15 is 0 Å². The van der Waals surface area contributed by atoms with E-state index in [0.717, 1.165) is 21.5 Å². The summed E-state index contributed by atoms with van der Waals surface area (Å²) in [6.45, 7) is 0. The summed E-state index contributed by atoms with van der Waals surface area (Å²) in [6.07, 6.45) is 0. The van der Waals surface area contributed by atoms with Gasteiger partial charge >= 0.3 is 6.01 Å². The number of rotatable bonds is 6. The van der Waals surface area contributed by atoms with Gasteiger partial charge in [0.15, 0.2) is 0 Å². The van der Waals surface area contributed by atoms with Gasteiger partial charge in [0.05, 0.1) is 41.4 Å². The molecule has 3 heterocycles. The maximum atomic E-state index is 13.2. The molecule has 0 fully saturated rings. The number of para-hydroxylation sites is 1. The number of fused-ring (bicyclic) bond motifs is 1. The molecule has 2 aromatic carbocycles. The number of hydrogen-bond acceptors (Lipinski definition) is 8. The summed E-state index contributed by atoms with van der Waals surface area (Å²) in [5, 5.41) is 13.4. The number of amides is 1. The van der Waals surface area contributed by atoms with E-state index < -0.39 is 0 Å². The zero-order valence-corrected chi connectivity index (χ0v) is 18.6. The number of carbonyl (C=O) groups excluding carboxylic acids is 1. The van der Waals surface area contributed by atoms with Gasteiger partial charge in [0, 0.05) is 11.5 Å².